The van der Waals surface area contributed by atoms with Crippen molar-refractivity contribution >= 4 is 11.7 Å². The number of likely N-dealkylation sites (tertiary alicyclic amines) is 1. The van der Waals surface area contributed by atoms with E-state index < -0.39 is 0 Å². The predicted molar refractivity (Wildman–Crippen MR) is 68.6 cm³/mol. The lowest BCUT2D eigenvalue weighted by Crippen LogP contribution is -2.34. The van der Waals surface area contributed by atoms with Crippen LogP contribution in [0.2, 0.25) is 0 Å². The Hall–Kier alpha value is -0.860. The van der Waals surface area contributed by atoms with Gasteiger partial charge in [0.2, 0.25) is 5.91 Å². The Morgan fingerprint density at radius 1 is 1.47 bits per heavy atom. The molecule has 98 valence electrons. The molecule has 0 aromatic rings. The van der Waals surface area contributed by atoms with Crippen molar-refractivity contribution in [3.05, 3.63) is 0 Å². The maximum Gasteiger partial charge on any atom is 0.223 e. The van der Waals surface area contributed by atoms with Crippen molar-refractivity contribution in [1.29, 1.82) is 0 Å². The van der Waals surface area contributed by atoms with Crippen molar-refractivity contribution in [2.24, 2.45) is 17.3 Å². The summed E-state index contributed by atoms with van der Waals surface area (Å²) in [4.78, 5) is 25.4. The maximum absolute atomic E-state index is 11.9. The molecule has 2 atom stereocenters. The molecule has 0 saturated carbocycles. The first-order valence-electron chi connectivity index (χ1n) is 6.56. The Labute approximate surface area is 105 Å². The van der Waals surface area contributed by atoms with Crippen LogP contribution in [0.4, 0.5) is 0 Å². The summed E-state index contributed by atoms with van der Waals surface area (Å²) < 4.78 is 0. The molecule has 1 aliphatic rings. The van der Waals surface area contributed by atoms with Gasteiger partial charge in [0.05, 0.1) is 6.54 Å². The van der Waals surface area contributed by atoms with E-state index in [4.69, 9.17) is 0 Å². The topological polar surface area (TPSA) is 37.4 Å². The molecule has 1 aliphatic heterocycles. The maximum atomic E-state index is 11.9. The molecule has 0 aromatic heterocycles. The normalized spacial score (nSPS) is 23.0. The van der Waals surface area contributed by atoms with Gasteiger partial charge in [-0.25, -0.2) is 0 Å². The van der Waals surface area contributed by atoms with Crippen LogP contribution in [0.3, 0.4) is 0 Å². The summed E-state index contributed by atoms with van der Waals surface area (Å²) in [5, 5.41) is 0. The Balaban J connectivity index is 2.57. The summed E-state index contributed by atoms with van der Waals surface area (Å²) >= 11 is 0. The van der Waals surface area contributed by atoms with Crippen molar-refractivity contribution < 1.29 is 9.59 Å². The van der Waals surface area contributed by atoms with Crippen LogP contribution >= 0.6 is 0 Å². The monoisotopic (exact) mass is 239 g/mol. The van der Waals surface area contributed by atoms with E-state index in [-0.39, 0.29) is 23.0 Å². The molecule has 0 bridgehead atoms. The van der Waals surface area contributed by atoms with Gasteiger partial charge >= 0.3 is 0 Å². The van der Waals surface area contributed by atoms with Gasteiger partial charge in [0.1, 0.15) is 0 Å². The van der Waals surface area contributed by atoms with Crippen molar-refractivity contribution in [2.75, 3.05) is 13.1 Å². The summed E-state index contributed by atoms with van der Waals surface area (Å²) in [7, 11) is 0. The Morgan fingerprint density at radius 3 is 2.47 bits per heavy atom. The van der Waals surface area contributed by atoms with Gasteiger partial charge < -0.3 is 4.90 Å². The smallest absolute Gasteiger partial charge is 0.223 e. The van der Waals surface area contributed by atoms with Crippen LogP contribution in [-0.4, -0.2) is 29.7 Å². The Morgan fingerprint density at radius 2 is 2.06 bits per heavy atom. The van der Waals surface area contributed by atoms with Crippen LogP contribution in [0.15, 0.2) is 0 Å². The van der Waals surface area contributed by atoms with Crippen LogP contribution < -0.4 is 0 Å². The van der Waals surface area contributed by atoms with Crippen molar-refractivity contribution in [2.45, 2.75) is 47.5 Å². The predicted octanol–water partition coefficient (Wildman–Crippen LogP) is 2.50. The standard InChI is InChI=1S/C14H25NO2/c1-6-10(2)12(16)9-15-8-11(7-13(15)17)14(3,4)5/h10-11H,6-9H2,1-5H3. The first kappa shape index (κ1) is 14.2. The molecule has 3 nitrogen and oxygen atoms in total. The first-order chi connectivity index (χ1) is 7.75. The molecule has 0 N–H and O–H groups in total. The largest absolute Gasteiger partial charge is 0.335 e. The third-order valence-corrected chi connectivity index (χ3v) is 3.95. The summed E-state index contributed by atoms with van der Waals surface area (Å²) in [6.07, 6.45) is 1.45. The quantitative estimate of drug-likeness (QED) is 0.756. The summed E-state index contributed by atoms with van der Waals surface area (Å²) in [5.41, 5.74) is 0.143. The van der Waals surface area contributed by atoms with Crippen LogP contribution in [0, 0.1) is 17.3 Å². The second-order valence-corrected chi connectivity index (χ2v) is 6.32. The molecule has 1 saturated heterocycles. The highest BCUT2D eigenvalue weighted by Gasteiger charge is 2.37. The molecule has 0 radical (unpaired) electrons. The molecule has 17 heavy (non-hydrogen) atoms. The van der Waals surface area contributed by atoms with Crippen molar-refractivity contribution in [3.8, 4) is 0 Å². The number of Topliss-reactive ketones (excluding diaryl/α,β-unsaturated/α-hetero) is 1. The second kappa shape index (κ2) is 5.19. The van der Waals surface area contributed by atoms with Crippen molar-refractivity contribution in [1.82, 2.24) is 4.90 Å². The van der Waals surface area contributed by atoms with E-state index in [2.05, 4.69) is 20.8 Å². The molecule has 0 spiro atoms. The van der Waals surface area contributed by atoms with E-state index in [0.717, 1.165) is 13.0 Å². The molecule has 0 aliphatic carbocycles. The lowest BCUT2D eigenvalue weighted by atomic mass is 9.80. The minimum absolute atomic E-state index is 0.0662. The fraction of sp³-hybridized carbons (Fsp3) is 0.857. The average Bonchev–Trinajstić information content (AvgIpc) is 2.58. The number of carbonyl (C=O) groups is 2. The number of carbonyl (C=O) groups excluding carboxylic acids is 2. The Bertz CT molecular complexity index is 304. The molecule has 0 aromatic carbocycles. The van der Waals surface area contributed by atoms with E-state index in [0.29, 0.717) is 18.9 Å². The van der Waals surface area contributed by atoms with Gasteiger partial charge in [-0.15, -0.1) is 0 Å². The first-order valence-corrected chi connectivity index (χ1v) is 6.56. The van der Waals surface area contributed by atoms with Gasteiger partial charge in [0.15, 0.2) is 5.78 Å². The number of ketones is 1. The third kappa shape index (κ3) is 3.55. The highest BCUT2D eigenvalue weighted by Crippen LogP contribution is 2.34. The second-order valence-electron chi connectivity index (χ2n) is 6.32. The van der Waals surface area contributed by atoms with Crippen LogP contribution in [0.1, 0.15) is 47.5 Å². The Kier molecular flexibility index (Phi) is 4.34. The van der Waals surface area contributed by atoms with E-state index in [1.54, 1.807) is 4.90 Å². The molecule has 1 amide bonds. The summed E-state index contributed by atoms with van der Waals surface area (Å²) in [6.45, 7) is 11.5. The summed E-state index contributed by atoms with van der Waals surface area (Å²) in [5.74, 6) is 0.771. The molecule has 2 unspecified atom stereocenters. The van der Waals surface area contributed by atoms with E-state index >= 15 is 0 Å². The van der Waals surface area contributed by atoms with Crippen LogP contribution in [-0.2, 0) is 9.59 Å². The minimum Gasteiger partial charge on any atom is -0.335 e. The lowest BCUT2D eigenvalue weighted by molar-refractivity contribution is -0.133. The number of amides is 1. The third-order valence-electron chi connectivity index (χ3n) is 3.95. The highest BCUT2D eigenvalue weighted by atomic mass is 16.2. The summed E-state index contributed by atoms with van der Waals surface area (Å²) in [6, 6.07) is 0. The number of nitrogens with zero attached hydrogens (tertiary/aromatic N) is 1. The van der Waals surface area contributed by atoms with Gasteiger partial charge in [-0.1, -0.05) is 34.6 Å². The number of hydrogen-bond donors (Lipinski definition) is 0. The van der Waals surface area contributed by atoms with Gasteiger partial charge in [-0.3, -0.25) is 9.59 Å². The fourth-order valence-electron chi connectivity index (χ4n) is 2.08. The molecule has 1 heterocycles. The zero-order chi connectivity index (χ0) is 13.2. The van der Waals surface area contributed by atoms with Crippen molar-refractivity contribution in [3.63, 3.8) is 0 Å². The minimum atomic E-state index is 0.0662. The number of hydrogen-bond acceptors (Lipinski definition) is 2. The van der Waals surface area contributed by atoms with Gasteiger partial charge in [0.25, 0.3) is 0 Å². The molecular formula is C14H25NO2. The molecule has 1 fully saturated rings. The SMILES string of the molecule is CCC(C)C(=O)CN1CC(C(C)(C)C)CC1=O. The van der Waals surface area contributed by atoms with E-state index in [9.17, 15) is 9.59 Å². The molecular weight excluding hydrogens is 214 g/mol. The van der Waals surface area contributed by atoms with Gasteiger partial charge in [0, 0.05) is 18.9 Å². The van der Waals surface area contributed by atoms with Gasteiger partial charge in [-0.2, -0.15) is 0 Å². The van der Waals surface area contributed by atoms with Crippen LogP contribution in [0.25, 0.3) is 0 Å². The van der Waals surface area contributed by atoms with Crippen LogP contribution in [0.5, 0.6) is 0 Å². The van der Waals surface area contributed by atoms with Gasteiger partial charge in [-0.05, 0) is 17.8 Å². The average molecular weight is 239 g/mol. The zero-order valence-electron chi connectivity index (χ0n) is 11.7. The van der Waals surface area contributed by atoms with E-state index in [1.807, 2.05) is 13.8 Å². The molecule has 1 rings (SSSR count). The number of rotatable bonds is 4. The highest BCUT2D eigenvalue weighted by molar-refractivity contribution is 5.88. The molecule has 3 heteroatoms. The fourth-order valence-corrected chi connectivity index (χ4v) is 2.08. The zero-order valence-corrected chi connectivity index (χ0v) is 11.7. The van der Waals surface area contributed by atoms with E-state index in [1.165, 1.54) is 0 Å². The lowest BCUT2D eigenvalue weighted by Gasteiger charge is -2.26.